The normalized spacial score (nSPS) is 20.2. The summed E-state index contributed by atoms with van der Waals surface area (Å²) < 4.78 is 23.7. The molecule has 0 spiro atoms. The molecule has 3 atom stereocenters. The van der Waals surface area contributed by atoms with Gasteiger partial charge in [0.1, 0.15) is 23.1 Å². The van der Waals surface area contributed by atoms with Crippen molar-refractivity contribution in [2.45, 2.75) is 191 Å². The van der Waals surface area contributed by atoms with Gasteiger partial charge in [-0.25, -0.2) is 0 Å². The first kappa shape index (κ1) is 46.1. The molecule has 8 heteroatoms. The van der Waals surface area contributed by atoms with Gasteiger partial charge in [0.25, 0.3) is 0 Å². The predicted molar refractivity (Wildman–Crippen MR) is 239 cm³/mol. The van der Waals surface area contributed by atoms with Gasteiger partial charge in [-0.2, -0.15) is 0 Å². The van der Waals surface area contributed by atoms with Crippen LogP contribution in [0.1, 0.15) is 172 Å². The Morgan fingerprint density at radius 2 is 1.12 bits per heavy atom. The van der Waals surface area contributed by atoms with Crippen molar-refractivity contribution in [3.05, 3.63) is 59.7 Å². The molecule has 318 valence electrons. The number of ketones is 2. The predicted octanol–water partition coefficient (Wildman–Crippen LogP) is 13.3. The molecule has 57 heavy (non-hydrogen) atoms. The van der Waals surface area contributed by atoms with Crippen LogP contribution in [0.3, 0.4) is 0 Å². The number of ether oxygens (including phenoxy) is 4. The first-order valence-corrected chi connectivity index (χ1v) is 25.0. The van der Waals surface area contributed by atoms with E-state index in [1.54, 1.807) is 0 Å². The summed E-state index contributed by atoms with van der Waals surface area (Å²) in [5.41, 5.74) is 2.45. The fourth-order valence-electron chi connectivity index (χ4n) is 8.47. The van der Waals surface area contributed by atoms with Gasteiger partial charge in [-0.1, -0.05) is 95.4 Å². The van der Waals surface area contributed by atoms with Crippen molar-refractivity contribution in [3.63, 3.8) is 0 Å². The van der Waals surface area contributed by atoms with Crippen LogP contribution in [0.4, 0.5) is 0 Å². The molecular formula is C49H74O6S2. The number of benzene rings is 2. The van der Waals surface area contributed by atoms with E-state index in [2.05, 4.69) is 66.8 Å². The van der Waals surface area contributed by atoms with Crippen molar-refractivity contribution in [1.29, 1.82) is 0 Å². The summed E-state index contributed by atoms with van der Waals surface area (Å²) in [4.78, 5) is 27.3. The third kappa shape index (κ3) is 18.4. The molecule has 3 fully saturated rings. The Balaban J connectivity index is 1.13. The molecule has 3 aliphatic heterocycles. The highest BCUT2D eigenvalue weighted by Gasteiger charge is 2.37. The van der Waals surface area contributed by atoms with Crippen LogP contribution < -0.4 is 9.47 Å². The van der Waals surface area contributed by atoms with Crippen LogP contribution >= 0.6 is 23.5 Å². The minimum absolute atomic E-state index is 0.0169. The number of carbonyl (C=O) groups is 2. The highest BCUT2D eigenvalue weighted by molar-refractivity contribution is 8.18. The number of carbonyl (C=O) groups excluding carboxylic acids is 2. The smallest absolute Gasteiger partial charge is 0.199 e. The molecule has 0 bridgehead atoms. The molecule has 3 heterocycles. The average molecular weight is 823 g/mol. The van der Waals surface area contributed by atoms with Gasteiger partial charge in [-0.15, -0.1) is 23.5 Å². The standard InChI is InChI=1S/C49H74O6S2/c1-2-3-4-5-6-7-8-9-10-11-12-18-43(50)37-42(38-44(51)26-21-40-22-27-45(28-23-40)54-47-19-13-15-33-52-47)39-49(56-35-17-36-57-49)32-31-41-24-29-46(30-25-41)55-48-20-14-16-34-53-48/h22-25,27-30,42,47-48H,2-21,26,31-39H2,1H3. The first-order chi connectivity index (χ1) is 28.0. The van der Waals surface area contributed by atoms with Gasteiger partial charge < -0.3 is 18.9 Å². The molecule has 3 saturated heterocycles. The number of aryl methyl sites for hydroxylation is 2. The van der Waals surface area contributed by atoms with Crippen molar-refractivity contribution < 1.29 is 28.5 Å². The van der Waals surface area contributed by atoms with Crippen LogP contribution in [0.25, 0.3) is 0 Å². The summed E-state index contributed by atoms with van der Waals surface area (Å²) in [5, 5.41) is 0. The number of hydrogen-bond acceptors (Lipinski definition) is 8. The van der Waals surface area contributed by atoms with Crippen LogP contribution in [0.15, 0.2) is 48.5 Å². The van der Waals surface area contributed by atoms with Crippen LogP contribution in [0.2, 0.25) is 0 Å². The third-order valence-corrected chi connectivity index (χ3v) is 15.3. The van der Waals surface area contributed by atoms with E-state index < -0.39 is 0 Å². The summed E-state index contributed by atoms with van der Waals surface area (Å²) >= 11 is 4.15. The first-order valence-electron chi connectivity index (χ1n) is 23.0. The number of unbranched alkanes of at least 4 members (excludes halogenated alkanes) is 10. The van der Waals surface area contributed by atoms with Gasteiger partial charge in [0, 0.05) is 38.5 Å². The molecule has 0 radical (unpaired) electrons. The quantitative estimate of drug-likeness (QED) is 0.0786. The lowest BCUT2D eigenvalue weighted by Crippen LogP contribution is -2.31. The van der Waals surface area contributed by atoms with Crippen LogP contribution in [0.5, 0.6) is 11.5 Å². The molecule has 3 aliphatic rings. The summed E-state index contributed by atoms with van der Waals surface area (Å²) in [6, 6.07) is 16.7. The Morgan fingerprint density at radius 1 is 0.632 bits per heavy atom. The van der Waals surface area contributed by atoms with E-state index >= 15 is 0 Å². The lowest BCUT2D eigenvalue weighted by atomic mass is 9.87. The molecule has 0 N–H and O–H groups in total. The average Bonchev–Trinajstić information content (AvgIpc) is 3.23. The highest BCUT2D eigenvalue weighted by atomic mass is 32.2. The molecule has 3 unspecified atom stereocenters. The van der Waals surface area contributed by atoms with Crippen molar-refractivity contribution in [2.75, 3.05) is 24.7 Å². The Hall–Kier alpha value is -2.00. The summed E-state index contributed by atoms with van der Waals surface area (Å²) in [6.45, 7) is 3.81. The highest BCUT2D eigenvalue weighted by Crippen LogP contribution is 2.50. The zero-order valence-electron chi connectivity index (χ0n) is 35.3. The molecule has 2 aromatic rings. The fraction of sp³-hybridized carbons (Fsp3) is 0.714. The fourth-order valence-corrected chi connectivity index (χ4v) is 12.0. The molecule has 0 saturated carbocycles. The maximum Gasteiger partial charge on any atom is 0.199 e. The lowest BCUT2D eigenvalue weighted by Gasteiger charge is -2.39. The minimum Gasteiger partial charge on any atom is -0.465 e. The second-order valence-corrected chi connectivity index (χ2v) is 20.1. The van der Waals surface area contributed by atoms with E-state index in [9.17, 15) is 9.59 Å². The SMILES string of the molecule is CCCCCCCCCCCCCC(=O)CC(CC(=O)CCc1ccc(OC2CCCCO2)cc1)CC1(CCc2ccc(OC3CCCCO3)cc2)SCCCS1. The van der Waals surface area contributed by atoms with E-state index in [4.69, 9.17) is 18.9 Å². The molecule has 0 aliphatic carbocycles. The van der Waals surface area contributed by atoms with E-state index in [1.165, 1.54) is 69.8 Å². The van der Waals surface area contributed by atoms with Crippen molar-refractivity contribution in [2.24, 2.45) is 5.92 Å². The Bertz CT molecular complexity index is 1380. The lowest BCUT2D eigenvalue weighted by molar-refractivity contribution is -0.122. The number of Topliss-reactive ketones (excluding diaryl/α,β-unsaturated/α-hetero) is 2. The van der Waals surface area contributed by atoms with Crippen LogP contribution in [-0.2, 0) is 31.9 Å². The topological polar surface area (TPSA) is 71.1 Å². The van der Waals surface area contributed by atoms with Gasteiger partial charge >= 0.3 is 0 Å². The van der Waals surface area contributed by atoms with E-state index in [0.717, 1.165) is 112 Å². The number of rotatable bonds is 28. The summed E-state index contributed by atoms with van der Waals surface area (Å²) in [5.74, 6) is 4.67. The second kappa shape index (κ2) is 27.0. The maximum atomic E-state index is 13.7. The van der Waals surface area contributed by atoms with E-state index in [-0.39, 0.29) is 28.4 Å². The monoisotopic (exact) mass is 822 g/mol. The summed E-state index contributed by atoms with van der Waals surface area (Å²) in [6.07, 6.45) is 27.2. The molecule has 5 rings (SSSR count). The minimum atomic E-state index is -0.161. The number of thioether (sulfide) groups is 2. The van der Waals surface area contributed by atoms with Crippen LogP contribution in [-0.4, -0.2) is 52.9 Å². The molecule has 0 amide bonds. The van der Waals surface area contributed by atoms with Crippen molar-refractivity contribution in [3.8, 4) is 11.5 Å². The van der Waals surface area contributed by atoms with E-state index in [1.807, 2.05) is 12.1 Å². The Kier molecular flexibility index (Phi) is 21.8. The van der Waals surface area contributed by atoms with Gasteiger partial charge in [0.15, 0.2) is 12.6 Å². The molecular weight excluding hydrogens is 749 g/mol. The molecule has 2 aromatic carbocycles. The number of hydrogen-bond donors (Lipinski definition) is 0. The largest absolute Gasteiger partial charge is 0.465 e. The van der Waals surface area contributed by atoms with E-state index in [0.29, 0.717) is 37.9 Å². The van der Waals surface area contributed by atoms with Crippen LogP contribution in [0, 0.1) is 5.92 Å². The Labute approximate surface area is 354 Å². The van der Waals surface area contributed by atoms with Gasteiger partial charge in [-0.3, -0.25) is 9.59 Å². The summed E-state index contributed by atoms with van der Waals surface area (Å²) in [7, 11) is 0. The Morgan fingerprint density at radius 3 is 1.63 bits per heavy atom. The maximum absolute atomic E-state index is 13.7. The van der Waals surface area contributed by atoms with Crippen molar-refractivity contribution in [1.82, 2.24) is 0 Å². The zero-order chi connectivity index (χ0) is 39.8. The van der Waals surface area contributed by atoms with Gasteiger partial charge in [0.05, 0.1) is 17.3 Å². The second-order valence-electron chi connectivity index (χ2n) is 16.9. The third-order valence-electron chi connectivity index (χ3n) is 11.9. The molecule has 6 nitrogen and oxygen atoms in total. The molecule has 0 aromatic heterocycles. The van der Waals surface area contributed by atoms with Gasteiger partial charge in [0.2, 0.25) is 0 Å². The van der Waals surface area contributed by atoms with Crippen molar-refractivity contribution >= 4 is 35.1 Å². The zero-order valence-corrected chi connectivity index (χ0v) is 37.0. The van der Waals surface area contributed by atoms with Gasteiger partial charge in [-0.05, 0) is 117 Å².